The minimum Gasteiger partial charge on any atom is -0.168 e. The summed E-state index contributed by atoms with van der Waals surface area (Å²) >= 11 is 0. The van der Waals surface area contributed by atoms with Crippen molar-refractivity contribution in [3.63, 3.8) is 0 Å². The zero-order valence-electron chi connectivity index (χ0n) is 6.04. The molecule has 0 N–H and O–H groups in total. The van der Waals surface area contributed by atoms with Gasteiger partial charge in [-0.1, -0.05) is 6.07 Å². The van der Waals surface area contributed by atoms with Gasteiger partial charge in [0, 0.05) is 0 Å². The molecule has 0 heterocycles. The summed E-state index contributed by atoms with van der Waals surface area (Å²) in [5.41, 5.74) is 0. The van der Waals surface area contributed by atoms with Gasteiger partial charge in [-0.3, -0.25) is 0 Å². The van der Waals surface area contributed by atoms with Crippen molar-refractivity contribution in [1.82, 2.24) is 0 Å². The van der Waals surface area contributed by atoms with Crippen LogP contribution in [0.5, 0.6) is 0 Å². The predicted octanol–water partition coefficient (Wildman–Crippen LogP) is -0.437. The van der Waals surface area contributed by atoms with E-state index in [-0.39, 0.29) is 29.6 Å². The van der Waals surface area contributed by atoms with Crippen LogP contribution >= 0.6 is 0 Å². The number of hydrogen-bond acceptors (Lipinski definition) is 0. The van der Waals surface area contributed by atoms with Crippen LogP contribution in [0.3, 0.4) is 0 Å². The van der Waals surface area contributed by atoms with Crippen molar-refractivity contribution < 1.29 is 29.6 Å². The Bertz CT molecular complexity index is 279. The van der Waals surface area contributed by atoms with Crippen LogP contribution in [0.4, 0.5) is 0 Å². The first-order valence-corrected chi connectivity index (χ1v) is 3.07. The molecule has 0 fully saturated rings. The predicted molar refractivity (Wildman–Crippen MR) is 39.5 cm³/mol. The maximum absolute atomic E-state index is 2.12. The van der Waals surface area contributed by atoms with Crippen LogP contribution in [0.1, 0.15) is 0 Å². The van der Waals surface area contributed by atoms with Gasteiger partial charge in [0.05, 0.1) is 0 Å². The molecule has 44 valence electrons. The SMILES string of the molecule is [Na+].c1ccc2[cH-]ccc2c1. The number of rotatable bonds is 0. The van der Waals surface area contributed by atoms with Crippen LogP contribution in [0.2, 0.25) is 0 Å². The van der Waals surface area contributed by atoms with Crippen LogP contribution in [-0.4, -0.2) is 0 Å². The van der Waals surface area contributed by atoms with Crippen LogP contribution in [0.15, 0.2) is 42.5 Å². The fourth-order valence-corrected chi connectivity index (χ4v) is 1.07. The van der Waals surface area contributed by atoms with Crippen molar-refractivity contribution in [3.8, 4) is 0 Å². The molecule has 0 aliphatic carbocycles. The summed E-state index contributed by atoms with van der Waals surface area (Å²) in [6, 6.07) is 14.7. The molecule has 0 saturated carbocycles. The van der Waals surface area contributed by atoms with E-state index in [1.807, 2.05) is 0 Å². The maximum atomic E-state index is 2.12. The summed E-state index contributed by atoms with van der Waals surface area (Å²) in [6.07, 6.45) is 0. The molecular formula is C9H7Na. The van der Waals surface area contributed by atoms with Gasteiger partial charge in [-0.05, 0) is 0 Å². The smallest absolute Gasteiger partial charge is 0.168 e. The Balaban J connectivity index is 0.000000500. The Kier molecular flexibility index (Phi) is 2.61. The van der Waals surface area contributed by atoms with E-state index in [2.05, 4.69) is 42.5 Å². The average molecular weight is 138 g/mol. The molecule has 2 aromatic carbocycles. The molecule has 0 radical (unpaired) electrons. The van der Waals surface area contributed by atoms with Gasteiger partial charge in [0.2, 0.25) is 0 Å². The van der Waals surface area contributed by atoms with Crippen molar-refractivity contribution in [2.45, 2.75) is 0 Å². The quantitative estimate of drug-likeness (QED) is 0.342. The molecule has 1 heteroatoms. The van der Waals surface area contributed by atoms with E-state index in [0.717, 1.165) is 0 Å². The van der Waals surface area contributed by atoms with E-state index in [4.69, 9.17) is 0 Å². The van der Waals surface area contributed by atoms with Gasteiger partial charge in [-0.15, -0.1) is 29.7 Å². The van der Waals surface area contributed by atoms with Gasteiger partial charge >= 0.3 is 29.6 Å². The van der Waals surface area contributed by atoms with Gasteiger partial charge in [0.1, 0.15) is 0 Å². The fraction of sp³-hybridized carbons (Fsp3) is 0. The Hall–Kier alpha value is -0.170. The third-order valence-corrected chi connectivity index (χ3v) is 1.55. The molecule has 0 unspecified atom stereocenters. The molecular weight excluding hydrogens is 131 g/mol. The summed E-state index contributed by atoms with van der Waals surface area (Å²) in [5, 5.41) is 2.66. The molecule has 0 aliphatic heterocycles. The average Bonchev–Trinajstić information content (AvgIpc) is 2.33. The zero-order valence-corrected chi connectivity index (χ0v) is 8.04. The van der Waals surface area contributed by atoms with Crippen molar-refractivity contribution in [2.75, 3.05) is 0 Å². The Morgan fingerprint density at radius 3 is 2.60 bits per heavy atom. The van der Waals surface area contributed by atoms with Crippen molar-refractivity contribution in [1.29, 1.82) is 0 Å². The largest absolute Gasteiger partial charge is 1.00 e. The zero-order chi connectivity index (χ0) is 6.10. The molecule has 2 rings (SSSR count). The van der Waals surface area contributed by atoms with Crippen LogP contribution in [0, 0.1) is 0 Å². The molecule has 0 spiro atoms. The second kappa shape index (κ2) is 3.29. The molecule has 0 saturated heterocycles. The summed E-state index contributed by atoms with van der Waals surface area (Å²) in [5.74, 6) is 0. The summed E-state index contributed by atoms with van der Waals surface area (Å²) in [6.45, 7) is 0. The minimum absolute atomic E-state index is 0. The summed E-state index contributed by atoms with van der Waals surface area (Å²) in [4.78, 5) is 0. The number of hydrogen-bond donors (Lipinski definition) is 0. The van der Waals surface area contributed by atoms with E-state index in [1.165, 1.54) is 10.8 Å². The van der Waals surface area contributed by atoms with E-state index in [0.29, 0.717) is 0 Å². The molecule has 0 bridgehead atoms. The third-order valence-electron chi connectivity index (χ3n) is 1.55. The van der Waals surface area contributed by atoms with Crippen LogP contribution in [-0.2, 0) is 0 Å². The van der Waals surface area contributed by atoms with E-state index in [1.54, 1.807) is 0 Å². The Morgan fingerprint density at radius 2 is 1.80 bits per heavy atom. The van der Waals surface area contributed by atoms with Crippen LogP contribution < -0.4 is 29.6 Å². The first-order valence-electron chi connectivity index (χ1n) is 3.07. The van der Waals surface area contributed by atoms with Crippen LogP contribution in [0.25, 0.3) is 10.8 Å². The standard InChI is InChI=1S/C9H7.Na/c1-2-5-9-7-3-6-8(9)4-1;/h1-7H;/q-1;+1. The molecule has 0 atom stereocenters. The van der Waals surface area contributed by atoms with Gasteiger partial charge in [-0.25, -0.2) is 0 Å². The third kappa shape index (κ3) is 1.29. The first kappa shape index (κ1) is 7.93. The van der Waals surface area contributed by atoms with Gasteiger partial charge in [0.15, 0.2) is 0 Å². The number of benzene rings is 1. The molecule has 0 aliphatic rings. The molecule has 2 aromatic rings. The summed E-state index contributed by atoms with van der Waals surface area (Å²) < 4.78 is 0. The number of fused-ring (bicyclic) bond motifs is 1. The molecule has 0 amide bonds. The van der Waals surface area contributed by atoms with Gasteiger partial charge in [-0.2, -0.15) is 17.5 Å². The first-order chi connectivity index (χ1) is 4.47. The second-order valence-electron chi connectivity index (χ2n) is 2.15. The Morgan fingerprint density at radius 1 is 1.00 bits per heavy atom. The Labute approximate surface area is 82.5 Å². The minimum atomic E-state index is 0. The van der Waals surface area contributed by atoms with E-state index < -0.39 is 0 Å². The maximum Gasteiger partial charge on any atom is 1.00 e. The van der Waals surface area contributed by atoms with Crippen molar-refractivity contribution >= 4 is 10.8 Å². The van der Waals surface area contributed by atoms with E-state index in [9.17, 15) is 0 Å². The fourth-order valence-electron chi connectivity index (χ4n) is 1.07. The van der Waals surface area contributed by atoms with Crippen molar-refractivity contribution in [3.05, 3.63) is 42.5 Å². The van der Waals surface area contributed by atoms with Crippen molar-refractivity contribution in [2.24, 2.45) is 0 Å². The molecule has 0 nitrogen and oxygen atoms in total. The monoisotopic (exact) mass is 138 g/mol. The summed E-state index contributed by atoms with van der Waals surface area (Å²) in [7, 11) is 0. The topological polar surface area (TPSA) is 0 Å². The second-order valence-corrected chi connectivity index (χ2v) is 2.15. The van der Waals surface area contributed by atoms with E-state index >= 15 is 0 Å². The van der Waals surface area contributed by atoms with Gasteiger partial charge < -0.3 is 0 Å². The molecule has 10 heavy (non-hydrogen) atoms. The normalized spacial score (nSPS) is 9.20. The molecule has 0 aromatic heterocycles. The van der Waals surface area contributed by atoms with Gasteiger partial charge in [0.25, 0.3) is 0 Å².